The molecule has 0 unspecified atom stereocenters. The molecule has 0 bridgehead atoms. The fourth-order valence-electron chi connectivity index (χ4n) is 3.14. The molecule has 1 N–H and O–H groups in total. The maximum Gasteiger partial charge on any atom is 0.227 e. The summed E-state index contributed by atoms with van der Waals surface area (Å²) in [4.78, 5) is 26.2. The second-order valence-corrected chi connectivity index (χ2v) is 6.05. The van der Waals surface area contributed by atoms with Crippen molar-refractivity contribution in [3.8, 4) is 0 Å². The normalized spacial score (nSPS) is 28.4. The molecular weight excluding hydrogens is 276 g/mol. The van der Waals surface area contributed by atoms with Crippen LogP contribution in [0.5, 0.6) is 0 Å². The summed E-state index contributed by atoms with van der Waals surface area (Å²) in [5.41, 5.74) is 1.04. The molecule has 2 amide bonds. The monoisotopic (exact) mass is 294 g/mol. The first kappa shape index (κ1) is 13.6. The lowest BCUT2D eigenvalue weighted by Gasteiger charge is -2.22. The van der Waals surface area contributed by atoms with E-state index in [4.69, 9.17) is 4.74 Å². The zero-order valence-electron chi connectivity index (χ0n) is 11.4. The van der Waals surface area contributed by atoms with Gasteiger partial charge in [-0.3, -0.25) is 9.59 Å². The summed E-state index contributed by atoms with van der Waals surface area (Å²) in [6.07, 6.45) is 1.10. The summed E-state index contributed by atoms with van der Waals surface area (Å²) in [5, 5.41) is 6.64. The lowest BCUT2D eigenvalue weighted by molar-refractivity contribution is -0.131. The lowest BCUT2D eigenvalue weighted by atomic mass is 10.0. The Hall–Kier alpha value is -1.40. The molecule has 0 saturated carbocycles. The third-order valence-electron chi connectivity index (χ3n) is 4.13. The van der Waals surface area contributed by atoms with Gasteiger partial charge >= 0.3 is 0 Å². The zero-order valence-corrected chi connectivity index (χ0v) is 12.2. The smallest absolute Gasteiger partial charge is 0.227 e. The van der Waals surface area contributed by atoms with Gasteiger partial charge in [-0.05, 0) is 28.8 Å². The van der Waals surface area contributed by atoms with Gasteiger partial charge in [-0.1, -0.05) is 0 Å². The van der Waals surface area contributed by atoms with Crippen LogP contribution in [-0.2, 0) is 20.7 Å². The lowest BCUT2D eigenvalue weighted by Crippen LogP contribution is -2.38. The predicted octanol–water partition coefficient (Wildman–Crippen LogP) is 0.652. The molecule has 0 aliphatic carbocycles. The van der Waals surface area contributed by atoms with Crippen LogP contribution in [0.15, 0.2) is 16.8 Å². The third-order valence-corrected chi connectivity index (χ3v) is 4.86. The number of likely N-dealkylation sites (tertiary alicyclic amines) is 1. The number of hydrogen-bond donors (Lipinski definition) is 1. The molecule has 6 heteroatoms. The predicted molar refractivity (Wildman–Crippen MR) is 75.4 cm³/mol. The van der Waals surface area contributed by atoms with Crippen molar-refractivity contribution in [2.75, 3.05) is 20.2 Å². The van der Waals surface area contributed by atoms with E-state index in [1.165, 1.54) is 0 Å². The summed E-state index contributed by atoms with van der Waals surface area (Å²) < 4.78 is 5.68. The number of carbonyl (C=O) groups excluding carboxylic acids is 2. The first-order chi connectivity index (χ1) is 9.70. The summed E-state index contributed by atoms with van der Waals surface area (Å²) in [6, 6.07) is 2.03. The van der Waals surface area contributed by atoms with E-state index in [1.807, 2.05) is 21.7 Å². The minimum absolute atomic E-state index is 0.0345. The molecule has 0 aromatic carbocycles. The van der Waals surface area contributed by atoms with Crippen molar-refractivity contribution in [3.63, 3.8) is 0 Å². The Morgan fingerprint density at radius 1 is 1.55 bits per heavy atom. The highest BCUT2D eigenvalue weighted by Crippen LogP contribution is 2.34. The van der Waals surface area contributed by atoms with Gasteiger partial charge in [-0.2, -0.15) is 11.3 Å². The first-order valence-electron chi connectivity index (χ1n) is 6.84. The van der Waals surface area contributed by atoms with Crippen LogP contribution in [-0.4, -0.2) is 49.1 Å². The highest BCUT2D eigenvalue weighted by Gasteiger charge is 2.49. The summed E-state index contributed by atoms with van der Waals surface area (Å²) in [5.74, 6) is -0.179. The van der Waals surface area contributed by atoms with E-state index in [-0.39, 0.29) is 29.9 Å². The number of amides is 2. The van der Waals surface area contributed by atoms with Crippen molar-refractivity contribution in [3.05, 3.63) is 22.4 Å². The topological polar surface area (TPSA) is 58.6 Å². The highest BCUT2D eigenvalue weighted by molar-refractivity contribution is 7.07. The molecule has 20 heavy (non-hydrogen) atoms. The van der Waals surface area contributed by atoms with Gasteiger partial charge in [0.2, 0.25) is 11.8 Å². The molecule has 0 spiro atoms. The van der Waals surface area contributed by atoms with Crippen molar-refractivity contribution in [1.82, 2.24) is 10.2 Å². The number of carbonyl (C=O) groups is 2. The van der Waals surface area contributed by atoms with Crippen LogP contribution in [0.1, 0.15) is 12.0 Å². The molecule has 3 heterocycles. The van der Waals surface area contributed by atoms with Crippen molar-refractivity contribution in [2.24, 2.45) is 5.92 Å². The number of ether oxygens (including phenoxy) is 1. The van der Waals surface area contributed by atoms with Gasteiger partial charge in [-0.25, -0.2) is 0 Å². The molecule has 2 saturated heterocycles. The number of hydrogen-bond acceptors (Lipinski definition) is 4. The molecule has 108 valence electrons. The number of nitrogens with one attached hydrogen (secondary N) is 1. The van der Waals surface area contributed by atoms with Crippen LogP contribution in [0.2, 0.25) is 0 Å². The summed E-state index contributed by atoms with van der Waals surface area (Å²) in [7, 11) is 1.63. The SMILES string of the molecule is CNC(=O)[C@H]1CN(C(=O)Cc2ccsc2)[C@@H]2CCO[C@H]12. The minimum Gasteiger partial charge on any atom is -0.375 e. The average Bonchev–Trinajstić information content (AvgIpc) is 3.13. The van der Waals surface area contributed by atoms with E-state index in [0.29, 0.717) is 19.6 Å². The molecular formula is C14H18N2O3S. The molecule has 1 aromatic heterocycles. The van der Waals surface area contributed by atoms with Gasteiger partial charge in [0.05, 0.1) is 24.5 Å². The van der Waals surface area contributed by atoms with Crippen LogP contribution in [0.3, 0.4) is 0 Å². The van der Waals surface area contributed by atoms with Crippen LogP contribution in [0.4, 0.5) is 0 Å². The fraction of sp³-hybridized carbons (Fsp3) is 0.571. The maximum absolute atomic E-state index is 12.5. The fourth-order valence-corrected chi connectivity index (χ4v) is 3.81. The Balaban J connectivity index is 1.73. The van der Waals surface area contributed by atoms with Crippen LogP contribution < -0.4 is 5.32 Å². The molecule has 5 nitrogen and oxygen atoms in total. The Bertz CT molecular complexity index is 503. The van der Waals surface area contributed by atoms with E-state index in [0.717, 1.165) is 12.0 Å². The van der Waals surface area contributed by atoms with Gasteiger partial charge in [0.15, 0.2) is 0 Å². The molecule has 2 aliphatic heterocycles. The number of nitrogens with zero attached hydrogens (tertiary/aromatic N) is 1. The van der Waals surface area contributed by atoms with Crippen LogP contribution in [0.25, 0.3) is 0 Å². The van der Waals surface area contributed by atoms with Gasteiger partial charge in [0.25, 0.3) is 0 Å². The Labute approximate surface area is 121 Å². The van der Waals surface area contributed by atoms with E-state index >= 15 is 0 Å². The molecule has 3 atom stereocenters. The summed E-state index contributed by atoms with van der Waals surface area (Å²) in [6.45, 7) is 1.10. The van der Waals surface area contributed by atoms with Crippen LogP contribution in [0, 0.1) is 5.92 Å². The van der Waals surface area contributed by atoms with Crippen molar-refractivity contribution >= 4 is 23.2 Å². The van der Waals surface area contributed by atoms with Crippen molar-refractivity contribution in [1.29, 1.82) is 0 Å². The Kier molecular flexibility index (Phi) is 3.76. The van der Waals surface area contributed by atoms with E-state index in [2.05, 4.69) is 5.32 Å². The number of fused-ring (bicyclic) bond motifs is 1. The maximum atomic E-state index is 12.5. The standard InChI is InChI=1S/C14H18N2O3S/c1-15-14(18)10-7-16(11-2-4-19-13(10)11)12(17)6-9-3-5-20-8-9/h3,5,8,10-11,13H,2,4,6-7H2,1H3,(H,15,18)/t10-,11+,13+/m0/s1. The average molecular weight is 294 g/mol. The van der Waals surface area contributed by atoms with Crippen LogP contribution >= 0.6 is 11.3 Å². The van der Waals surface area contributed by atoms with Crippen molar-refractivity contribution < 1.29 is 14.3 Å². The minimum atomic E-state index is -0.237. The summed E-state index contributed by atoms with van der Waals surface area (Å²) >= 11 is 1.59. The molecule has 2 fully saturated rings. The second kappa shape index (κ2) is 5.54. The van der Waals surface area contributed by atoms with Gasteiger partial charge < -0.3 is 15.0 Å². The first-order valence-corrected chi connectivity index (χ1v) is 7.78. The Morgan fingerprint density at radius 3 is 3.10 bits per heavy atom. The van der Waals surface area contributed by atoms with Gasteiger partial charge in [0.1, 0.15) is 0 Å². The number of thiophene rings is 1. The molecule has 2 aliphatic rings. The second-order valence-electron chi connectivity index (χ2n) is 5.27. The Morgan fingerprint density at radius 2 is 2.40 bits per heavy atom. The van der Waals surface area contributed by atoms with Gasteiger partial charge in [-0.15, -0.1) is 0 Å². The quantitative estimate of drug-likeness (QED) is 0.890. The van der Waals surface area contributed by atoms with E-state index in [9.17, 15) is 9.59 Å². The highest BCUT2D eigenvalue weighted by atomic mass is 32.1. The largest absolute Gasteiger partial charge is 0.375 e. The zero-order chi connectivity index (χ0) is 14.1. The number of rotatable bonds is 3. The molecule has 1 aromatic rings. The van der Waals surface area contributed by atoms with Gasteiger partial charge in [0, 0.05) is 20.2 Å². The van der Waals surface area contributed by atoms with E-state index < -0.39 is 0 Å². The van der Waals surface area contributed by atoms with E-state index in [1.54, 1.807) is 18.4 Å². The molecule has 0 radical (unpaired) electrons. The molecule has 3 rings (SSSR count). The van der Waals surface area contributed by atoms with Crippen molar-refractivity contribution in [2.45, 2.75) is 25.0 Å². The third kappa shape index (κ3) is 2.33.